The van der Waals surface area contributed by atoms with Crippen LogP contribution in [0.25, 0.3) is 0 Å². The molecule has 0 saturated heterocycles. The van der Waals surface area contributed by atoms with Crippen molar-refractivity contribution in [3.05, 3.63) is 48.6 Å². The minimum Gasteiger partial charge on any atom is -0.481 e. The summed E-state index contributed by atoms with van der Waals surface area (Å²) in [7, 11) is 0. The SMILES string of the molecule is C=CC(N)(CC(C(=O)O)C(=O)OCc1ccccc1)C(=O)O. The lowest BCUT2D eigenvalue weighted by Gasteiger charge is -2.23. The van der Waals surface area contributed by atoms with Gasteiger partial charge in [0, 0.05) is 6.42 Å². The number of esters is 1. The molecule has 0 amide bonds. The summed E-state index contributed by atoms with van der Waals surface area (Å²) in [5, 5.41) is 18.1. The Balaban J connectivity index is 2.78. The normalized spacial score (nSPS) is 14.4. The Morgan fingerprint density at radius 3 is 2.32 bits per heavy atom. The molecule has 0 aliphatic carbocycles. The maximum atomic E-state index is 11.9. The Hall–Kier alpha value is -2.67. The summed E-state index contributed by atoms with van der Waals surface area (Å²) in [6.07, 6.45) is 0.255. The third-order valence-electron chi connectivity index (χ3n) is 3.11. The number of carboxylic acids is 2. The molecule has 0 aliphatic rings. The molecule has 0 bridgehead atoms. The first-order chi connectivity index (χ1) is 10.3. The maximum Gasteiger partial charge on any atom is 0.327 e. The molecule has 4 N–H and O–H groups in total. The summed E-state index contributed by atoms with van der Waals surface area (Å²) in [5.74, 6) is -5.71. The predicted molar refractivity (Wildman–Crippen MR) is 76.7 cm³/mol. The van der Waals surface area contributed by atoms with E-state index in [0.717, 1.165) is 6.08 Å². The zero-order valence-corrected chi connectivity index (χ0v) is 11.8. The molecule has 7 nitrogen and oxygen atoms in total. The largest absolute Gasteiger partial charge is 0.481 e. The van der Waals surface area contributed by atoms with Gasteiger partial charge in [-0.2, -0.15) is 0 Å². The predicted octanol–water partition coefficient (Wildman–Crippen LogP) is 0.789. The van der Waals surface area contributed by atoms with E-state index >= 15 is 0 Å². The van der Waals surface area contributed by atoms with E-state index in [1.54, 1.807) is 30.3 Å². The lowest BCUT2D eigenvalue weighted by Crippen LogP contribution is -2.49. The lowest BCUT2D eigenvalue weighted by molar-refractivity contribution is -0.161. The Morgan fingerprint density at radius 2 is 1.86 bits per heavy atom. The van der Waals surface area contributed by atoms with Crippen LogP contribution in [-0.4, -0.2) is 33.7 Å². The number of hydrogen-bond acceptors (Lipinski definition) is 5. The highest BCUT2D eigenvalue weighted by atomic mass is 16.5. The van der Waals surface area contributed by atoms with Crippen molar-refractivity contribution < 1.29 is 29.3 Å². The van der Waals surface area contributed by atoms with Crippen LogP contribution in [-0.2, 0) is 25.7 Å². The fourth-order valence-electron chi connectivity index (χ4n) is 1.70. The van der Waals surface area contributed by atoms with E-state index < -0.39 is 35.8 Å². The number of ether oxygens (including phenoxy) is 1. The molecule has 1 rings (SSSR count). The van der Waals surface area contributed by atoms with E-state index in [1.165, 1.54) is 0 Å². The van der Waals surface area contributed by atoms with Crippen molar-refractivity contribution in [1.82, 2.24) is 0 Å². The molecule has 2 unspecified atom stereocenters. The van der Waals surface area contributed by atoms with Gasteiger partial charge in [0.25, 0.3) is 0 Å². The van der Waals surface area contributed by atoms with Crippen LogP contribution in [0.4, 0.5) is 0 Å². The summed E-state index contributed by atoms with van der Waals surface area (Å²) in [6.45, 7) is 3.16. The molecule has 2 atom stereocenters. The maximum absolute atomic E-state index is 11.9. The molecule has 7 heteroatoms. The molecule has 0 fully saturated rings. The van der Waals surface area contributed by atoms with Gasteiger partial charge in [0.2, 0.25) is 0 Å². The van der Waals surface area contributed by atoms with Gasteiger partial charge in [-0.05, 0) is 5.56 Å². The Bertz CT molecular complexity index is 571. The summed E-state index contributed by atoms with van der Waals surface area (Å²) < 4.78 is 4.92. The zero-order chi connectivity index (χ0) is 16.8. The zero-order valence-electron chi connectivity index (χ0n) is 11.8. The van der Waals surface area contributed by atoms with Gasteiger partial charge in [-0.15, -0.1) is 6.58 Å². The first-order valence-electron chi connectivity index (χ1n) is 6.39. The van der Waals surface area contributed by atoms with E-state index in [4.69, 9.17) is 20.7 Å². The molecule has 1 aromatic carbocycles. The van der Waals surface area contributed by atoms with Gasteiger partial charge in [0.05, 0.1) is 0 Å². The molecule has 1 aromatic rings. The highest BCUT2D eigenvalue weighted by Gasteiger charge is 2.40. The van der Waals surface area contributed by atoms with Crippen LogP contribution < -0.4 is 5.73 Å². The van der Waals surface area contributed by atoms with Crippen molar-refractivity contribution in [2.24, 2.45) is 11.7 Å². The molecule has 0 aliphatic heterocycles. The van der Waals surface area contributed by atoms with Crippen LogP contribution in [0.5, 0.6) is 0 Å². The molecule has 0 aromatic heterocycles. The van der Waals surface area contributed by atoms with Crippen molar-refractivity contribution in [3.8, 4) is 0 Å². The molecule has 0 heterocycles. The van der Waals surface area contributed by atoms with E-state index in [2.05, 4.69) is 6.58 Å². The molecule has 22 heavy (non-hydrogen) atoms. The van der Waals surface area contributed by atoms with E-state index in [0.29, 0.717) is 5.56 Å². The van der Waals surface area contributed by atoms with Gasteiger partial charge in [-0.25, -0.2) is 4.79 Å². The molecular formula is C15H17NO6. The standard InChI is InChI=1S/C15H17NO6/c1-2-15(16,14(20)21)8-11(12(17)18)13(19)22-9-10-6-4-3-5-7-10/h2-7,11H,1,8-9,16H2,(H,17,18)(H,20,21). The van der Waals surface area contributed by atoms with Gasteiger partial charge in [0.15, 0.2) is 5.92 Å². The number of aliphatic carboxylic acids is 2. The van der Waals surface area contributed by atoms with Crippen LogP contribution in [0.3, 0.4) is 0 Å². The fraction of sp³-hybridized carbons (Fsp3) is 0.267. The van der Waals surface area contributed by atoms with Crippen LogP contribution in [0.15, 0.2) is 43.0 Å². The summed E-state index contributed by atoms with van der Waals surface area (Å²) in [4.78, 5) is 34.1. The number of carbonyl (C=O) groups is 3. The summed E-state index contributed by atoms with van der Waals surface area (Å²) in [5.41, 5.74) is 4.20. The highest BCUT2D eigenvalue weighted by Crippen LogP contribution is 2.19. The summed E-state index contributed by atoms with van der Waals surface area (Å²) in [6, 6.07) is 8.68. The molecular weight excluding hydrogens is 290 g/mol. The second-order valence-electron chi connectivity index (χ2n) is 4.74. The highest BCUT2D eigenvalue weighted by molar-refractivity contribution is 5.95. The van der Waals surface area contributed by atoms with Crippen molar-refractivity contribution in [1.29, 1.82) is 0 Å². The smallest absolute Gasteiger partial charge is 0.327 e. The second-order valence-corrected chi connectivity index (χ2v) is 4.74. The van der Waals surface area contributed by atoms with Crippen LogP contribution in [0.2, 0.25) is 0 Å². The number of nitrogens with two attached hydrogens (primary N) is 1. The Morgan fingerprint density at radius 1 is 1.27 bits per heavy atom. The Labute approximate surface area is 127 Å². The van der Waals surface area contributed by atoms with Gasteiger partial charge in [0.1, 0.15) is 12.1 Å². The van der Waals surface area contributed by atoms with E-state index in [1.807, 2.05) is 0 Å². The average molecular weight is 307 g/mol. The molecule has 0 saturated carbocycles. The molecule has 118 valence electrons. The first kappa shape index (κ1) is 17.4. The van der Waals surface area contributed by atoms with Gasteiger partial charge in [-0.3, -0.25) is 9.59 Å². The number of hydrogen-bond donors (Lipinski definition) is 3. The number of benzene rings is 1. The van der Waals surface area contributed by atoms with Crippen molar-refractivity contribution >= 4 is 17.9 Å². The van der Waals surface area contributed by atoms with E-state index in [9.17, 15) is 14.4 Å². The van der Waals surface area contributed by atoms with Crippen molar-refractivity contribution in [2.75, 3.05) is 0 Å². The lowest BCUT2D eigenvalue weighted by atomic mass is 9.88. The molecule has 0 spiro atoms. The van der Waals surface area contributed by atoms with Gasteiger partial charge in [-0.1, -0.05) is 36.4 Å². The Kier molecular flexibility index (Phi) is 5.82. The second kappa shape index (κ2) is 7.37. The first-order valence-corrected chi connectivity index (χ1v) is 6.39. The topological polar surface area (TPSA) is 127 Å². The van der Waals surface area contributed by atoms with Crippen molar-refractivity contribution in [2.45, 2.75) is 18.6 Å². The minimum atomic E-state index is -2.02. The monoisotopic (exact) mass is 307 g/mol. The number of carboxylic acid groups (broad SMARTS) is 2. The van der Waals surface area contributed by atoms with Crippen LogP contribution in [0.1, 0.15) is 12.0 Å². The van der Waals surface area contributed by atoms with Gasteiger partial charge < -0.3 is 20.7 Å². The van der Waals surface area contributed by atoms with E-state index in [-0.39, 0.29) is 6.61 Å². The van der Waals surface area contributed by atoms with Gasteiger partial charge >= 0.3 is 17.9 Å². The third kappa shape index (κ3) is 4.42. The average Bonchev–Trinajstić information content (AvgIpc) is 2.50. The third-order valence-corrected chi connectivity index (χ3v) is 3.11. The fourth-order valence-corrected chi connectivity index (χ4v) is 1.70. The number of carbonyl (C=O) groups excluding carboxylic acids is 1. The number of rotatable bonds is 8. The molecule has 0 radical (unpaired) electrons. The van der Waals surface area contributed by atoms with Crippen LogP contribution >= 0.6 is 0 Å². The quantitative estimate of drug-likeness (QED) is 0.368. The van der Waals surface area contributed by atoms with Crippen molar-refractivity contribution in [3.63, 3.8) is 0 Å². The van der Waals surface area contributed by atoms with Crippen LogP contribution in [0, 0.1) is 5.92 Å². The minimum absolute atomic E-state index is 0.109. The summed E-state index contributed by atoms with van der Waals surface area (Å²) >= 11 is 0.